The molecule has 0 aliphatic heterocycles. The number of amides is 1. The number of aryl methyl sites for hydroxylation is 1. The summed E-state index contributed by atoms with van der Waals surface area (Å²) in [4.78, 5) is 12.5. The topological polar surface area (TPSA) is 116 Å². The SMILES string of the molecule is CCc1nnc(NC(=O)/C(C#N)=C/c2ccc(OCc3cc(OC)c(OC)cc3F)c(OC)c2)s1. The largest absolute Gasteiger partial charge is 0.493 e. The van der Waals surface area contributed by atoms with Crippen molar-refractivity contribution in [3.63, 3.8) is 0 Å². The Bertz CT molecular complexity index is 1290. The average molecular weight is 499 g/mol. The molecule has 9 nitrogen and oxygen atoms in total. The van der Waals surface area contributed by atoms with Crippen molar-refractivity contribution >= 4 is 28.5 Å². The van der Waals surface area contributed by atoms with Crippen LogP contribution in [0.5, 0.6) is 23.0 Å². The zero-order valence-electron chi connectivity index (χ0n) is 19.5. The summed E-state index contributed by atoms with van der Waals surface area (Å²) in [5.74, 6) is 0.233. The van der Waals surface area contributed by atoms with Gasteiger partial charge < -0.3 is 18.9 Å². The summed E-state index contributed by atoms with van der Waals surface area (Å²) in [7, 11) is 4.33. The zero-order valence-corrected chi connectivity index (χ0v) is 20.4. The predicted molar refractivity (Wildman–Crippen MR) is 128 cm³/mol. The molecule has 0 unspecified atom stereocenters. The Labute approximate surface area is 205 Å². The number of rotatable bonds is 10. The first-order valence-corrected chi connectivity index (χ1v) is 11.2. The molecule has 1 heterocycles. The van der Waals surface area contributed by atoms with Crippen molar-refractivity contribution < 1.29 is 28.1 Å². The minimum atomic E-state index is -0.602. The van der Waals surface area contributed by atoms with Gasteiger partial charge in [0.1, 0.15) is 29.1 Å². The number of anilines is 1. The molecule has 1 amide bonds. The summed E-state index contributed by atoms with van der Waals surface area (Å²) < 4.78 is 35.8. The second kappa shape index (κ2) is 11.8. The Morgan fingerprint density at radius 2 is 1.77 bits per heavy atom. The van der Waals surface area contributed by atoms with E-state index in [1.807, 2.05) is 13.0 Å². The summed E-state index contributed by atoms with van der Waals surface area (Å²) in [6.45, 7) is 1.84. The fourth-order valence-electron chi connectivity index (χ4n) is 2.98. The molecule has 0 spiro atoms. The zero-order chi connectivity index (χ0) is 25.4. The van der Waals surface area contributed by atoms with Crippen LogP contribution in [0.3, 0.4) is 0 Å². The highest BCUT2D eigenvalue weighted by molar-refractivity contribution is 7.15. The van der Waals surface area contributed by atoms with E-state index in [1.54, 1.807) is 18.2 Å². The van der Waals surface area contributed by atoms with E-state index in [2.05, 4.69) is 15.5 Å². The lowest BCUT2D eigenvalue weighted by Gasteiger charge is -2.14. The van der Waals surface area contributed by atoms with Crippen LogP contribution >= 0.6 is 11.3 Å². The van der Waals surface area contributed by atoms with Crippen LogP contribution in [0.15, 0.2) is 35.9 Å². The molecular weight excluding hydrogens is 475 g/mol. The number of hydrogen-bond donors (Lipinski definition) is 1. The Morgan fingerprint density at radius 3 is 2.40 bits per heavy atom. The van der Waals surface area contributed by atoms with Gasteiger partial charge in [0, 0.05) is 11.6 Å². The number of halogens is 1. The van der Waals surface area contributed by atoms with Crippen LogP contribution in [-0.4, -0.2) is 37.4 Å². The lowest BCUT2D eigenvalue weighted by Crippen LogP contribution is -2.13. The second-order valence-corrected chi connectivity index (χ2v) is 8.04. The minimum Gasteiger partial charge on any atom is -0.493 e. The number of ether oxygens (including phenoxy) is 4. The molecule has 35 heavy (non-hydrogen) atoms. The van der Waals surface area contributed by atoms with Crippen LogP contribution in [0, 0.1) is 17.1 Å². The van der Waals surface area contributed by atoms with Crippen LogP contribution in [0.25, 0.3) is 6.08 Å². The molecule has 182 valence electrons. The molecule has 11 heteroatoms. The normalized spacial score (nSPS) is 10.9. The molecule has 0 bridgehead atoms. The maximum absolute atomic E-state index is 14.4. The predicted octanol–water partition coefficient (Wildman–Crippen LogP) is 4.39. The smallest absolute Gasteiger partial charge is 0.268 e. The van der Waals surface area contributed by atoms with Crippen LogP contribution in [0.4, 0.5) is 9.52 Å². The number of hydrogen-bond acceptors (Lipinski definition) is 9. The van der Waals surface area contributed by atoms with E-state index in [1.165, 1.54) is 50.9 Å². The molecule has 2 aromatic carbocycles. The summed E-state index contributed by atoms with van der Waals surface area (Å²) >= 11 is 1.24. The maximum Gasteiger partial charge on any atom is 0.268 e. The van der Waals surface area contributed by atoms with Crippen LogP contribution in [0.2, 0.25) is 0 Å². The summed E-state index contributed by atoms with van der Waals surface area (Å²) in [5, 5.41) is 20.9. The van der Waals surface area contributed by atoms with Crippen molar-refractivity contribution in [2.75, 3.05) is 26.6 Å². The van der Waals surface area contributed by atoms with E-state index in [9.17, 15) is 14.4 Å². The molecule has 1 aromatic heterocycles. The molecule has 3 aromatic rings. The van der Waals surface area contributed by atoms with Gasteiger partial charge in [-0.1, -0.05) is 24.3 Å². The van der Waals surface area contributed by atoms with Crippen molar-refractivity contribution in [3.8, 4) is 29.1 Å². The van der Waals surface area contributed by atoms with Gasteiger partial charge in [-0.15, -0.1) is 10.2 Å². The van der Waals surface area contributed by atoms with E-state index in [0.717, 1.165) is 5.01 Å². The molecule has 0 saturated heterocycles. The molecule has 0 aliphatic carbocycles. The van der Waals surface area contributed by atoms with Gasteiger partial charge in [0.2, 0.25) is 5.13 Å². The van der Waals surface area contributed by atoms with E-state index in [4.69, 9.17) is 18.9 Å². The van der Waals surface area contributed by atoms with E-state index in [-0.39, 0.29) is 23.5 Å². The third-order valence-corrected chi connectivity index (χ3v) is 5.77. The van der Waals surface area contributed by atoms with Gasteiger partial charge in [-0.2, -0.15) is 5.26 Å². The van der Waals surface area contributed by atoms with Crippen LogP contribution in [0.1, 0.15) is 23.1 Å². The second-order valence-electron chi connectivity index (χ2n) is 6.98. The van der Waals surface area contributed by atoms with Gasteiger partial charge >= 0.3 is 0 Å². The fourth-order valence-corrected chi connectivity index (χ4v) is 3.66. The number of carbonyl (C=O) groups excluding carboxylic acids is 1. The molecule has 3 rings (SSSR count). The van der Waals surface area contributed by atoms with Gasteiger partial charge in [0.15, 0.2) is 23.0 Å². The first-order chi connectivity index (χ1) is 16.9. The van der Waals surface area contributed by atoms with Crippen molar-refractivity contribution in [3.05, 3.63) is 57.9 Å². The van der Waals surface area contributed by atoms with Gasteiger partial charge in [-0.3, -0.25) is 10.1 Å². The Kier molecular flexibility index (Phi) is 8.58. The third kappa shape index (κ3) is 6.24. The monoisotopic (exact) mass is 498 g/mol. The molecule has 0 aliphatic rings. The lowest BCUT2D eigenvalue weighted by molar-refractivity contribution is -0.112. The highest BCUT2D eigenvalue weighted by Crippen LogP contribution is 2.33. The minimum absolute atomic E-state index is 0.0921. The molecule has 0 fully saturated rings. The Balaban J connectivity index is 1.76. The van der Waals surface area contributed by atoms with Gasteiger partial charge in [-0.05, 0) is 36.3 Å². The Morgan fingerprint density at radius 1 is 1.09 bits per heavy atom. The molecule has 0 atom stereocenters. The van der Waals surface area contributed by atoms with Crippen molar-refractivity contribution in [1.29, 1.82) is 5.26 Å². The van der Waals surface area contributed by atoms with Crippen molar-refractivity contribution in [2.24, 2.45) is 0 Å². The van der Waals surface area contributed by atoms with E-state index in [0.29, 0.717) is 34.4 Å². The third-order valence-electron chi connectivity index (χ3n) is 4.79. The van der Waals surface area contributed by atoms with Crippen LogP contribution in [-0.2, 0) is 17.8 Å². The van der Waals surface area contributed by atoms with Crippen LogP contribution < -0.4 is 24.3 Å². The highest BCUT2D eigenvalue weighted by atomic mass is 32.1. The van der Waals surface area contributed by atoms with Gasteiger partial charge in [0.05, 0.1) is 21.3 Å². The summed E-state index contributed by atoms with van der Waals surface area (Å²) in [6, 6.07) is 9.46. The van der Waals surface area contributed by atoms with E-state index < -0.39 is 11.7 Å². The maximum atomic E-state index is 14.4. The molecule has 0 radical (unpaired) electrons. The molecule has 1 N–H and O–H groups in total. The first-order valence-electron chi connectivity index (χ1n) is 10.4. The number of aromatic nitrogens is 2. The number of nitrogens with one attached hydrogen (secondary N) is 1. The molecule has 0 saturated carbocycles. The average Bonchev–Trinajstić information content (AvgIpc) is 3.33. The summed E-state index contributed by atoms with van der Waals surface area (Å²) in [6.07, 6.45) is 2.11. The number of nitrogens with zero attached hydrogens (tertiary/aromatic N) is 3. The fraction of sp³-hybridized carbons (Fsp3) is 0.250. The number of carbonyl (C=O) groups is 1. The quantitative estimate of drug-likeness (QED) is 0.323. The summed E-state index contributed by atoms with van der Waals surface area (Å²) in [5.41, 5.74) is 0.672. The Hall–Kier alpha value is -4.17. The lowest BCUT2D eigenvalue weighted by atomic mass is 10.1. The standard InChI is InChI=1S/C24H23FN4O5S/c1-5-22-28-29-24(35-22)27-23(30)15(12-26)8-14-6-7-18(19(9-14)31-2)34-13-16-10-20(32-3)21(33-4)11-17(16)25/h6-11H,5,13H2,1-4H3,(H,27,29,30)/b15-8+. The number of nitriles is 1. The highest BCUT2D eigenvalue weighted by Gasteiger charge is 2.15. The van der Waals surface area contributed by atoms with Crippen molar-refractivity contribution in [2.45, 2.75) is 20.0 Å². The number of methoxy groups -OCH3 is 3. The molecular formula is C24H23FN4O5S. The van der Waals surface area contributed by atoms with Crippen molar-refractivity contribution in [1.82, 2.24) is 10.2 Å². The first kappa shape index (κ1) is 25.5. The number of benzene rings is 2. The van der Waals surface area contributed by atoms with Gasteiger partial charge in [0.25, 0.3) is 5.91 Å². The van der Waals surface area contributed by atoms with Gasteiger partial charge in [-0.25, -0.2) is 4.39 Å². The van der Waals surface area contributed by atoms with E-state index >= 15 is 0 Å².